The van der Waals surface area contributed by atoms with Crippen molar-refractivity contribution in [1.29, 1.82) is 0 Å². The number of carbonyl (C=O) groups is 1. The average molecular weight is 374 g/mol. The Balaban J connectivity index is 2.29. The van der Waals surface area contributed by atoms with Crippen LogP contribution in [0.4, 0.5) is 4.39 Å². The number of carbonyl (C=O) groups excluding carboxylic acids is 1. The van der Waals surface area contributed by atoms with Crippen LogP contribution in [0.5, 0.6) is 0 Å². The van der Waals surface area contributed by atoms with Crippen molar-refractivity contribution in [2.75, 3.05) is 0 Å². The third-order valence-electron chi connectivity index (χ3n) is 2.45. The zero-order valence-electron chi connectivity index (χ0n) is 9.52. The molecule has 1 heterocycles. The van der Waals surface area contributed by atoms with Crippen LogP contribution in [0.25, 0.3) is 0 Å². The van der Waals surface area contributed by atoms with Crippen molar-refractivity contribution < 1.29 is 9.18 Å². The summed E-state index contributed by atoms with van der Waals surface area (Å²) < 4.78 is 14.9. The molecular weight excluding hydrogens is 366 g/mol. The van der Waals surface area contributed by atoms with Gasteiger partial charge in [-0.25, -0.2) is 4.79 Å². The molecule has 98 valence electrons. The third kappa shape index (κ3) is 3.16. The number of nitrogens with zero attached hydrogens (tertiary/aromatic N) is 1. The summed E-state index contributed by atoms with van der Waals surface area (Å²) in [6.07, 6.45) is 0.728. The molecule has 0 aliphatic heterocycles. The normalized spacial score (nSPS) is 10.4. The molecule has 1 N–H and O–H groups in total. The zero-order valence-corrected chi connectivity index (χ0v) is 11.7. The molecule has 0 saturated carbocycles. The van der Waals surface area contributed by atoms with E-state index in [1.165, 1.54) is 0 Å². The number of nitrogens with one attached hydrogen (secondary N) is 1. The molecule has 0 spiro atoms. The molecule has 0 radical (unpaired) electrons. The average Bonchev–Trinajstić information content (AvgIpc) is 2.36. The molecule has 2 aromatic rings. The lowest BCUT2D eigenvalue weighted by Gasteiger charge is -2.04. The Bertz CT molecular complexity index is 734. The Morgan fingerprint density at radius 2 is 1.89 bits per heavy atom. The Labute approximate surface area is 120 Å². The molecule has 0 unspecified atom stereocenters. The van der Waals surface area contributed by atoms with Gasteiger partial charge in [0.25, 0.3) is 5.56 Å². The lowest BCUT2D eigenvalue weighted by atomic mass is 10.1. The number of halogens is 2. The number of hydrogen-bond acceptors (Lipinski definition) is 3. The number of benzene rings is 1. The molecule has 0 saturated heterocycles. The molecule has 5 nitrogen and oxygen atoms in total. The number of aromatic nitrogens is 2. The first-order chi connectivity index (χ1) is 8.97. The largest absolute Gasteiger partial charge is 0.328 e. The summed E-state index contributed by atoms with van der Waals surface area (Å²) in [6.45, 7) is -0.326. The van der Waals surface area contributed by atoms with Gasteiger partial charge >= 0.3 is 5.69 Å². The van der Waals surface area contributed by atoms with E-state index in [1.54, 1.807) is 29.2 Å². The SMILES string of the molecule is O=C(Cn1cc(F)c(=O)[nH]c1=O)c1ccc(I)cc1. The van der Waals surface area contributed by atoms with Crippen molar-refractivity contribution >= 4 is 28.4 Å². The van der Waals surface area contributed by atoms with Crippen LogP contribution in [0.2, 0.25) is 0 Å². The maximum Gasteiger partial charge on any atom is 0.328 e. The molecule has 0 fully saturated rings. The van der Waals surface area contributed by atoms with Crippen LogP contribution in [-0.4, -0.2) is 15.3 Å². The highest BCUT2D eigenvalue weighted by Gasteiger charge is 2.10. The highest BCUT2D eigenvalue weighted by Crippen LogP contribution is 2.08. The second-order valence-corrected chi connectivity index (χ2v) is 5.04. The number of rotatable bonds is 3. The van der Waals surface area contributed by atoms with Gasteiger partial charge in [-0.3, -0.25) is 19.1 Å². The Morgan fingerprint density at radius 1 is 1.26 bits per heavy atom. The van der Waals surface area contributed by atoms with Crippen molar-refractivity contribution in [3.63, 3.8) is 0 Å². The first-order valence-electron chi connectivity index (χ1n) is 5.25. The molecule has 1 aromatic carbocycles. The van der Waals surface area contributed by atoms with E-state index in [-0.39, 0.29) is 12.3 Å². The molecule has 0 aliphatic carbocycles. The van der Waals surface area contributed by atoms with E-state index in [1.807, 2.05) is 0 Å². The van der Waals surface area contributed by atoms with E-state index in [0.717, 1.165) is 14.3 Å². The van der Waals surface area contributed by atoms with Crippen LogP contribution in [-0.2, 0) is 6.54 Å². The highest BCUT2D eigenvalue weighted by molar-refractivity contribution is 14.1. The van der Waals surface area contributed by atoms with Gasteiger partial charge in [0, 0.05) is 9.13 Å². The smallest absolute Gasteiger partial charge is 0.292 e. The minimum absolute atomic E-state index is 0.326. The quantitative estimate of drug-likeness (QED) is 0.648. The van der Waals surface area contributed by atoms with E-state index in [0.29, 0.717) is 5.56 Å². The van der Waals surface area contributed by atoms with Crippen LogP contribution >= 0.6 is 22.6 Å². The van der Waals surface area contributed by atoms with Gasteiger partial charge < -0.3 is 0 Å². The van der Waals surface area contributed by atoms with Gasteiger partial charge in [-0.05, 0) is 34.7 Å². The van der Waals surface area contributed by atoms with E-state index in [2.05, 4.69) is 22.6 Å². The van der Waals surface area contributed by atoms with Gasteiger partial charge in [0.2, 0.25) is 5.82 Å². The number of H-pyrrole nitrogens is 1. The summed E-state index contributed by atoms with van der Waals surface area (Å²) in [4.78, 5) is 35.9. The summed E-state index contributed by atoms with van der Waals surface area (Å²) in [5, 5.41) is 0. The summed E-state index contributed by atoms with van der Waals surface area (Å²) in [6, 6.07) is 6.75. The number of Topliss-reactive ketones (excluding diaryl/α,β-unsaturated/α-hetero) is 1. The summed E-state index contributed by atoms with van der Waals surface area (Å²) in [5.41, 5.74) is -1.49. The van der Waals surface area contributed by atoms with Crippen LogP contribution in [0.3, 0.4) is 0 Å². The van der Waals surface area contributed by atoms with Gasteiger partial charge in [0.1, 0.15) is 0 Å². The Kier molecular flexibility index (Phi) is 3.93. The second-order valence-electron chi connectivity index (χ2n) is 3.79. The van der Waals surface area contributed by atoms with E-state index < -0.39 is 17.1 Å². The van der Waals surface area contributed by atoms with Crippen LogP contribution in [0.1, 0.15) is 10.4 Å². The molecule has 0 aliphatic rings. The first kappa shape index (κ1) is 13.7. The molecule has 1 aromatic heterocycles. The van der Waals surface area contributed by atoms with E-state index >= 15 is 0 Å². The zero-order chi connectivity index (χ0) is 14.0. The highest BCUT2D eigenvalue weighted by atomic mass is 127. The molecule has 0 atom stereocenters. The predicted octanol–water partition coefficient (Wildman–Crippen LogP) is 1.16. The minimum Gasteiger partial charge on any atom is -0.292 e. The first-order valence-corrected chi connectivity index (χ1v) is 6.33. The number of ketones is 1. The Morgan fingerprint density at radius 3 is 2.53 bits per heavy atom. The van der Waals surface area contributed by atoms with Crippen molar-refractivity contribution in [2.24, 2.45) is 0 Å². The van der Waals surface area contributed by atoms with Gasteiger partial charge in [-0.2, -0.15) is 4.39 Å². The lowest BCUT2D eigenvalue weighted by Crippen LogP contribution is -2.33. The maximum absolute atomic E-state index is 13.0. The van der Waals surface area contributed by atoms with Crippen LogP contribution in [0, 0.1) is 9.39 Å². The van der Waals surface area contributed by atoms with Crippen molar-refractivity contribution in [3.8, 4) is 0 Å². The standard InChI is InChI=1S/C12H8FIN2O3/c13-9-5-16(12(19)15-11(9)18)6-10(17)7-1-3-8(14)4-2-7/h1-5H,6H2,(H,15,18,19). The van der Waals surface area contributed by atoms with Crippen molar-refractivity contribution in [2.45, 2.75) is 6.54 Å². The summed E-state index contributed by atoms with van der Waals surface area (Å²) in [7, 11) is 0. The summed E-state index contributed by atoms with van der Waals surface area (Å²) >= 11 is 2.10. The molecular formula is C12H8FIN2O3. The van der Waals surface area contributed by atoms with Gasteiger partial charge in [-0.1, -0.05) is 12.1 Å². The fourth-order valence-electron chi connectivity index (χ4n) is 1.48. The fourth-order valence-corrected chi connectivity index (χ4v) is 1.84. The maximum atomic E-state index is 13.0. The van der Waals surface area contributed by atoms with Crippen molar-refractivity contribution in [1.82, 2.24) is 9.55 Å². The number of hydrogen-bond donors (Lipinski definition) is 1. The predicted molar refractivity (Wildman–Crippen MR) is 74.8 cm³/mol. The third-order valence-corrected chi connectivity index (χ3v) is 3.17. The molecule has 19 heavy (non-hydrogen) atoms. The fraction of sp³-hybridized carbons (Fsp3) is 0.0833. The van der Waals surface area contributed by atoms with Gasteiger partial charge in [0.15, 0.2) is 5.78 Å². The monoisotopic (exact) mass is 374 g/mol. The molecule has 7 heteroatoms. The Hall–Kier alpha value is -1.77. The molecule has 2 rings (SSSR count). The van der Waals surface area contributed by atoms with Crippen LogP contribution < -0.4 is 11.2 Å². The van der Waals surface area contributed by atoms with Crippen molar-refractivity contribution in [3.05, 3.63) is 66.3 Å². The topological polar surface area (TPSA) is 71.9 Å². The second kappa shape index (κ2) is 5.47. The lowest BCUT2D eigenvalue weighted by molar-refractivity contribution is 0.0970. The van der Waals surface area contributed by atoms with E-state index in [9.17, 15) is 18.8 Å². The molecule has 0 amide bonds. The number of aromatic amines is 1. The van der Waals surface area contributed by atoms with Crippen LogP contribution in [0.15, 0.2) is 40.1 Å². The molecule has 0 bridgehead atoms. The van der Waals surface area contributed by atoms with Gasteiger partial charge in [-0.15, -0.1) is 0 Å². The minimum atomic E-state index is -1.10. The summed E-state index contributed by atoms with van der Waals surface area (Å²) in [5.74, 6) is -1.44. The van der Waals surface area contributed by atoms with Gasteiger partial charge in [0.05, 0.1) is 12.7 Å². The van der Waals surface area contributed by atoms with E-state index in [4.69, 9.17) is 0 Å².